The molecule has 2 aliphatic heterocycles. The van der Waals surface area contributed by atoms with Crippen molar-refractivity contribution < 1.29 is 37.9 Å². The van der Waals surface area contributed by atoms with Gasteiger partial charge in [-0.05, 0) is 52.9 Å². The molecule has 186 valence electrons. The van der Waals surface area contributed by atoms with Crippen molar-refractivity contribution in [1.82, 2.24) is 0 Å². The van der Waals surface area contributed by atoms with Gasteiger partial charge in [0.15, 0.2) is 0 Å². The van der Waals surface area contributed by atoms with Gasteiger partial charge in [-0.25, -0.2) is 8.42 Å². The third-order valence-corrected chi connectivity index (χ3v) is 7.28. The SMILES string of the molecule is CS(=O)(=O)CCCOc1ccc(Cc2cc(C3C[C@@H](O)[C@H](O)[C@@H](CO)O3)cc3c2OCC3)cc1. The normalized spacial score (nSPS) is 24.5. The molecule has 2 aliphatic rings. The van der Waals surface area contributed by atoms with E-state index in [-0.39, 0.29) is 18.8 Å². The Balaban J connectivity index is 1.46. The average Bonchev–Trinajstić information content (AvgIpc) is 3.28. The van der Waals surface area contributed by atoms with Gasteiger partial charge in [-0.15, -0.1) is 0 Å². The molecule has 0 aromatic heterocycles. The minimum atomic E-state index is -2.99. The van der Waals surface area contributed by atoms with Crippen molar-refractivity contribution in [2.75, 3.05) is 31.8 Å². The van der Waals surface area contributed by atoms with Crippen LogP contribution in [0.2, 0.25) is 0 Å². The Morgan fingerprint density at radius 3 is 2.62 bits per heavy atom. The van der Waals surface area contributed by atoms with Crippen LogP contribution in [-0.2, 0) is 27.4 Å². The molecule has 1 fully saturated rings. The Labute approximate surface area is 200 Å². The highest BCUT2D eigenvalue weighted by Crippen LogP contribution is 2.38. The Bertz CT molecular complexity index is 1080. The van der Waals surface area contributed by atoms with E-state index in [9.17, 15) is 23.7 Å². The zero-order chi connectivity index (χ0) is 24.3. The summed E-state index contributed by atoms with van der Waals surface area (Å²) < 4.78 is 39.9. The van der Waals surface area contributed by atoms with E-state index in [4.69, 9.17) is 14.2 Å². The van der Waals surface area contributed by atoms with Crippen LogP contribution in [0.25, 0.3) is 0 Å². The van der Waals surface area contributed by atoms with E-state index < -0.39 is 34.3 Å². The number of fused-ring (bicyclic) bond motifs is 1. The second kappa shape index (κ2) is 10.6. The van der Waals surface area contributed by atoms with Crippen LogP contribution in [0.1, 0.15) is 41.2 Å². The molecule has 2 heterocycles. The lowest BCUT2D eigenvalue weighted by Gasteiger charge is -2.36. The smallest absolute Gasteiger partial charge is 0.147 e. The van der Waals surface area contributed by atoms with E-state index in [1.165, 1.54) is 6.26 Å². The highest BCUT2D eigenvalue weighted by molar-refractivity contribution is 7.90. The van der Waals surface area contributed by atoms with Crippen LogP contribution in [0, 0.1) is 0 Å². The molecule has 8 nitrogen and oxygen atoms in total. The third-order valence-electron chi connectivity index (χ3n) is 6.25. The minimum absolute atomic E-state index is 0.103. The molecule has 4 rings (SSSR count). The van der Waals surface area contributed by atoms with Gasteiger partial charge in [0.05, 0.1) is 37.8 Å². The number of hydrogen-bond acceptors (Lipinski definition) is 8. The molecule has 0 aliphatic carbocycles. The van der Waals surface area contributed by atoms with E-state index in [1.54, 1.807) is 0 Å². The van der Waals surface area contributed by atoms with E-state index in [0.717, 1.165) is 34.4 Å². The highest BCUT2D eigenvalue weighted by atomic mass is 32.2. The number of hydrogen-bond donors (Lipinski definition) is 3. The monoisotopic (exact) mass is 492 g/mol. The predicted octanol–water partition coefficient (Wildman–Crippen LogP) is 1.57. The Hall–Kier alpha value is -2.17. The first-order valence-corrected chi connectivity index (χ1v) is 13.6. The van der Waals surface area contributed by atoms with E-state index in [0.29, 0.717) is 31.8 Å². The van der Waals surface area contributed by atoms with Crippen LogP contribution in [-0.4, -0.2) is 73.9 Å². The van der Waals surface area contributed by atoms with Crippen LogP contribution >= 0.6 is 0 Å². The second-order valence-electron chi connectivity index (χ2n) is 9.06. The molecule has 0 amide bonds. The summed E-state index contributed by atoms with van der Waals surface area (Å²) >= 11 is 0. The molecule has 0 bridgehead atoms. The van der Waals surface area contributed by atoms with Gasteiger partial charge in [0.2, 0.25) is 0 Å². The zero-order valence-electron chi connectivity index (χ0n) is 19.2. The standard InChI is InChI=1S/C25H32O8S/c1-34(29,30)10-2-8-31-20-5-3-16(4-6-20)11-19-13-18(12-17-7-9-32-25(17)19)22-14-21(27)24(28)23(15-26)33-22/h3-6,12-13,21-24,26-28H,2,7-11,14-15H2,1H3/t21-,22?,23-,24+/m1/s1. The summed E-state index contributed by atoms with van der Waals surface area (Å²) in [6, 6.07) is 11.7. The lowest BCUT2D eigenvalue weighted by Crippen LogP contribution is -2.47. The van der Waals surface area contributed by atoms with Crippen molar-refractivity contribution in [3.05, 3.63) is 58.7 Å². The van der Waals surface area contributed by atoms with Crippen LogP contribution in [0.3, 0.4) is 0 Å². The zero-order valence-corrected chi connectivity index (χ0v) is 20.0. The minimum Gasteiger partial charge on any atom is -0.494 e. The van der Waals surface area contributed by atoms with Gasteiger partial charge < -0.3 is 29.5 Å². The summed E-state index contributed by atoms with van der Waals surface area (Å²) in [5.41, 5.74) is 4.06. The molecule has 9 heteroatoms. The fraction of sp³-hybridized carbons (Fsp3) is 0.520. The molecule has 4 atom stereocenters. The summed E-state index contributed by atoms with van der Waals surface area (Å²) in [6.07, 6.45) is 0.0111. The predicted molar refractivity (Wildman–Crippen MR) is 126 cm³/mol. The van der Waals surface area contributed by atoms with E-state index >= 15 is 0 Å². The number of sulfone groups is 1. The number of benzene rings is 2. The van der Waals surface area contributed by atoms with Gasteiger partial charge in [-0.3, -0.25) is 0 Å². The molecule has 34 heavy (non-hydrogen) atoms. The molecule has 0 saturated carbocycles. The molecule has 0 radical (unpaired) electrons. The molecular weight excluding hydrogens is 460 g/mol. The molecule has 1 unspecified atom stereocenters. The lowest BCUT2D eigenvalue weighted by molar-refractivity contribution is -0.181. The summed E-state index contributed by atoms with van der Waals surface area (Å²) in [5, 5.41) is 29.8. The number of ether oxygens (including phenoxy) is 3. The van der Waals surface area contributed by atoms with Crippen molar-refractivity contribution >= 4 is 9.84 Å². The molecule has 2 aromatic rings. The largest absolute Gasteiger partial charge is 0.494 e. The van der Waals surface area contributed by atoms with Crippen LogP contribution in [0.4, 0.5) is 0 Å². The van der Waals surface area contributed by atoms with Crippen molar-refractivity contribution in [2.45, 2.75) is 50.1 Å². The maximum Gasteiger partial charge on any atom is 0.147 e. The van der Waals surface area contributed by atoms with Gasteiger partial charge in [0.1, 0.15) is 33.5 Å². The summed E-state index contributed by atoms with van der Waals surface area (Å²) in [6.45, 7) is 0.586. The van der Waals surface area contributed by atoms with Crippen molar-refractivity contribution in [3.8, 4) is 11.5 Å². The second-order valence-corrected chi connectivity index (χ2v) is 11.3. The Kier molecular flexibility index (Phi) is 7.79. The van der Waals surface area contributed by atoms with Crippen molar-refractivity contribution in [2.24, 2.45) is 0 Å². The van der Waals surface area contributed by atoms with Gasteiger partial charge in [0.25, 0.3) is 0 Å². The maximum absolute atomic E-state index is 11.2. The fourth-order valence-corrected chi connectivity index (χ4v) is 5.13. The number of rotatable bonds is 9. The van der Waals surface area contributed by atoms with Crippen molar-refractivity contribution in [1.29, 1.82) is 0 Å². The van der Waals surface area contributed by atoms with E-state index in [1.807, 2.05) is 36.4 Å². The Morgan fingerprint density at radius 1 is 1.15 bits per heavy atom. The van der Waals surface area contributed by atoms with Crippen molar-refractivity contribution in [3.63, 3.8) is 0 Å². The first kappa shape index (κ1) is 24.9. The molecular formula is C25H32O8S. The molecule has 1 saturated heterocycles. The van der Waals surface area contributed by atoms with Crippen LogP contribution in [0.15, 0.2) is 36.4 Å². The summed E-state index contributed by atoms with van der Waals surface area (Å²) in [5.74, 6) is 1.66. The van der Waals surface area contributed by atoms with Crippen LogP contribution < -0.4 is 9.47 Å². The number of aliphatic hydroxyl groups excluding tert-OH is 3. The summed E-state index contributed by atoms with van der Waals surface area (Å²) in [7, 11) is -2.99. The molecule has 2 aromatic carbocycles. The first-order valence-electron chi connectivity index (χ1n) is 11.5. The van der Waals surface area contributed by atoms with Gasteiger partial charge in [0, 0.05) is 25.5 Å². The third kappa shape index (κ3) is 6.09. The van der Waals surface area contributed by atoms with Gasteiger partial charge in [-0.1, -0.05) is 12.1 Å². The number of aliphatic hydroxyl groups is 3. The molecule has 3 N–H and O–H groups in total. The van der Waals surface area contributed by atoms with E-state index in [2.05, 4.69) is 0 Å². The first-order chi connectivity index (χ1) is 16.2. The van der Waals surface area contributed by atoms with Gasteiger partial charge in [-0.2, -0.15) is 0 Å². The summed E-state index contributed by atoms with van der Waals surface area (Å²) in [4.78, 5) is 0. The van der Waals surface area contributed by atoms with Crippen LogP contribution in [0.5, 0.6) is 11.5 Å². The average molecular weight is 493 g/mol. The molecule has 0 spiro atoms. The maximum atomic E-state index is 11.2. The Morgan fingerprint density at radius 2 is 1.91 bits per heavy atom. The topological polar surface area (TPSA) is 123 Å². The van der Waals surface area contributed by atoms with Gasteiger partial charge >= 0.3 is 0 Å². The fourth-order valence-electron chi connectivity index (χ4n) is 4.49. The quantitative estimate of drug-likeness (QED) is 0.451. The lowest BCUT2D eigenvalue weighted by atomic mass is 9.90. The highest BCUT2D eigenvalue weighted by Gasteiger charge is 2.37.